The fraction of sp³-hybridized carbons (Fsp3) is 1.00. The second-order valence-electron chi connectivity index (χ2n) is 3.18. The molecular weight excluding hydrogens is 200 g/mol. The molecular formula is C10H24O3S. The largest absolute Gasteiger partial charge is 0.397 e. The lowest BCUT2D eigenvalue weighted by Gasteiger charge is -2.00. The van der Waals surface area contributed by atoms with Crippen molar-refractivity contribution in [2.45, 2.75) is 46.5 Å². The van der Waals surface area contributed by atoms with E-state index < -0.39 is 9.84 Å². The summed E-state index contributed by atoms with van der Waals surface area (Å²) in [5.74, 6) is 0.757. The Morgan fingerprint density at radius 1 is 0.929 bits per heavy atom. The van der Waals surface area contributed by atoms with Crippen molar-refractivity contribution in [3.63, 3.8) is 0 Å². The maximum atomic E-state index is 11.1. The zero-order valence-electron chi connectivity index (χ0n) is 9.62. The third kappa shape index (κ3) is 14.4. The van der Waals surface area contributed by atoms with Gasteiger partial charge in [0.2, 0.25) is 0 Å². The van der Waals surface area contributed by atoms with Gasteiger partial charge in [-0.25, -0.2) is 8.42 Å². The van der Waals surface area contributed by atoms with Crippen LogP contribution in [0.3, 0.4) is 0 Å². The Kier molecular flexibility index (Phi) is 12.8. The average molecular weight is 224 g/mol. The van der Waals surface area contributed by atoms with Gasteiger partial charge in [-0.2, -0.15) is 0 Å². The first kappa shape index (κ1) is 16.3. The zero-order chi connectivity index (χ0) is 11.4. The van der Waals surface area contributed by atoms with Gasteiger partial charge >= 0.3 is 0 Å². The quantitative estimate of drug-likeness (QED) is 0.751. The molecule has 0 saturated carbocycles. The molecule has 0 aromatic carbocycles. The van der Waals surface area contributed by atoms with Gasteiger partial charge in [0.25, 0.3) is 0 Å². The summed E-state index contributed by atoms with van der Waals surface area (Å²) in [6.45, 7) is 5.95. The molecule has 0 aromatic rings. The van der Waals surface area contributed by atoms with Crippen LogP contribution in [0.4, 0.5) is 0 Å². The molecule has 0 aromatic heterocycles. The van der Waals surface area contributed by atoms with Crippen molar-refractivity contribution >= 4 is 9.84 Å². The molecule has 0 amide bonds. The minimum atomic E-state index is -2.71. The molecule has 0 unspecified atom stereocenters. The summed E-state index contributed by atoms with van der Waals surface area (Å²) in [7, 11) is -2.71. The van der Waals surface area contributed by atoms with E-state index in [-0.39, 0.29) is 6.61 Å². The average Bonchev–Trinajstić information content (AvgIpc) is 2.13. The minimum Gasteiger partial charge on any atom is -0.397 e. The molecule has 0 aliphatic heterocycles. The highest BCUT2D eigenvalue weighted by atomic mass is 32.2. The predicted molar refractivity (Wildman–Crippen MR) is 61.2 cm³/mol. The summed E-state index contributed by atoms with van der Waals surface area (Å²) in [4.78, 5) is 0. The highest BCUT2D eigenvalue weighted by Crippen LogP contribution is 2.00. The summed E-state index contributed by atoms with van der Waals surface area (Å²) in [6.07, 6.45) is 3.55. The van der Waals surface area contributed by atoms with Crippen LogP contribution < -0.4 is 0 Å². The monoisotopic (exact) mass is 224 g/mol. The first-order valence-electron chi connectivity index (χ1n) is 5.35. The minimum absolute atomic E-state index is 0.250. The molecule has 0 spiro atoms. The fourth-order valence-electron chi connectivity index (χ4n) is 0.831. The number of unbranched alkanes of at least 4 members (excludes halogenated alkanes) is 2. The van der Waals surface area contributed by atoms with Crippen LogP contribution in [0.2, 0.25) is 0 Å². The van der Waals surface area contributed by atoms with Crippen molar-refractivity contribution in [1.82, 2.24) is 0 Å². The number of hydrogen-bond acceptors (Lipinski definition) is 3. The van der Waals surface area contributed by atoms with Gasteiger partial charge in [-0.05, 0) is 19.8 Å². The third-order valence-electron chi connectivity index (χ3n) is 1.62. The maximum Gasteiger partial charge on any atom is 0.150 e. The summed E-state index contributed by atoms with van der Waals surface area (Å²) < 4.78 is 22.3. The Morgan fingerprint density at radius 3 is 1.43 bits per heavy atom. The van der Waals surface area contributed by atoms with Gasteiger partial charge < -0.3 is 5.11 Å². The van der Waals surface area contributed by atoms with E-state index in [1.54, 1.807) is 6.92 Å². The number of hydrogen-bond donors (Lipinski definition) is 1. The van der Waals surface area contributed by atoms with E-state index >= 15 is 0 Å². The highest BCUT2D eigenvalue weighted by Gasteiger charge is 2.07. The normalized spacial score (nSPS) is 10.6. The number of aliphatic hydroxyl groups excluding tert-OH is 1. The van der Waals surface area contributed by atoms with E-state index in [2.05, 4.69) is 0 Å². The molecule has 3 nitrogen and oxygen atoms in total. The third-order valence-corrected chi connectivity index (χ3v) is 3.44. The van der Waals surface area contributed by atoms with Crippen molar-refractivity contribution in [3.8, 4) is 0 Å². The topological polar surface area (TPSA) is 54.4 Å². The fourth-order valence-corrected chi connectivity index (χ4v) is 2.49. The lowest BCUT2D eigenvalue weighted by molar-refractivity contribution is 0.318. The SMILES string of the molecule is CCCCS(=O)(=O)CCCC.CCO. The van der Waals surface area contributed by atoms with Gasteiger partial charge in [0.05, 0.1) is 11.5 Å². The molecule has 88 valence electrons. The van der Waals surface area contributed by atoms with Crippen molar-refractivity contribution in [1.29, 1.82) is 0 Å². The lowest BCUT2D eigenvalue weighted by atomic mass is 10.4. The zero-order valence-corrected chi connectivity index (χ0v) is 10.4. The molecule has 1 N–H and O–H groups in total. The smallest absolute Gasteiger partial charge is 0.150 e. The molecule has 0 aliphatic carbocycles. The molecule has 0 radical (unpaired) electrons. The molecule has 0 atom stereocenters. The first-order valence-corrected chi connectivity index (χ1v) is 7.17. The number of aliphatic hydroxyl groups is 1. The second-order valence-corrected chi connectivity index (χ2v) is 5.48. The van der Waals surface area contributed by atoms with Crippen LogP contribution in [0.1, 0.15) is 46.5 Å². The van der Waals surface area contributed by atoms with Gasteiger partial charge in [0.15, 0.2) is 0 Å². The van der Waals surface area contributed by atoms with E-state index in [1.807, 2.05) is 13.8 Å². The van der Waals surface area contributed by atoms with E-state index in [9.17, 15) is 8.42 Å². The van der Waals surface area contributed by atoms with E-state index in [0.717, 1.165) is 25.7 Å². The van der Waals surface area contributed by atoms with E-state index in [1.165, 1.54) is 0 Å². The molecule has 0 rings (SSSR count). The van der Waals surface area contributed by atoms with E-state index in [0.29, 0.717) is 11.5 Å². The van der Waals surface area contributed by atoms with Gasteiger partial charge in [0, 0.05) is 6.61 Å². The van der Waals surface area contributed by atoms with Crippen LogP contribution in [0.5, 0.6) is 0 Å². The Balaban J connectivity index is 0. The van der Waals surface area contributed by atoms with Crippen LogP contribution in [-0.2, 0) is 9.84 Å². The van der Waals surface area contributed by atoms with Crippen LogP contribution in [0.15, 0.2) is 0 Å². The molecule has 14 heavy (non-hydrogen) atoms. The van der Waals surface area contributed by atoms with Crippen molar-refractivity contribution < 1.29 is 13.5 Å². The van der Waals surface area contributed by atoms with Gasteiger partial charge in [-0.1, -0.05) is 26.7 Å². The Hall–Kier alpha value is -0.0900. The maximum absolute atomic E-state index is 11.1. The summed E-state index contributed by atoms with van der Waals surface area (Å²) in [5.41, 5.74) is 0. The molecule has 0 heterocycles. The van der Waals surface area contributed by atoms with Crippen molar-refractivity contribution in [2.24, 2.45) is 0 Å². The van der Waals surface area contributed by atoms with E-state index in [4.69, 9.17) is 5.11 Å². The lowest BCUT2D eigenvalue weighted by Crippen LogP contribution is -2.10. The Bertz CT molecular complexity index is 172. The summed E-state index contributed by atoms with van der Waals surface area (Å²) in [6, 6.07) is 0. The van der Waals surface area contributed by atoms with Crippen LogP contribution in [-0.4, -0.2) is 31.6 Å². The summed E-state index contributed by atoms with van der Waals surface area (Å²) in [5, 5.41) is 7.57. The van der Waals surface area contributed by atoms with Crippen molar-refractivity contribution in [2.75, 3.05) is 18.1 Å². The number of sulfone groups is 1. The predicted octanol–water partition coefficient (Wildman–Crippen LogP) is 2.00. The van der Waals surface area contributed by atoms with Gasteiger partial charge in [-0.3, -0.25) is 0 Å². The molecule has 4 heteroatoms. The second kappa shape index (κ2) is 11.0. The summed E-state index contributed by atoms with van der Waals surface area (Å²) >= 11 is 0. The van der Waals surface area contributed by atoms with Crippen LogP contribution in [0, 0.1) is 0 Å². The molecule has 0 saturated heterocycles. The standard InChI is InChI=1S/C8H18O2S.C2H6O/c1-3-5-7-11(9,10)8-6-4-2;1-2-3/h3-8H2,1-2H3;3H,2H2,1H3. The molecule has 0 fully saturated rings. The Morgan fingerprint density at radius 2 is 1.21 bits per heavy atom. The molecule has 0 bridgehead atoms. The number of rotatable bonds is 6. The highest BCUT2D eigenvalue weighted by molar-refractivity contribution is 7.91. The van der Waals surface area contributed by atoms with Crippen LogP contribution >= 0.6 is 0 Å². The van der Waals surface area contributed by atoms with Gasteiger partial charge in [-0.15, -0.1) is 0 Å². The Labute approximate surface area is 88.4 Å². The first-order chi connectivity index (χ1) is 6.54. The van der Waals surface area contributed by atoms with Crippen LogP contribution in [0.25, 0.3) is 0 Å². The van der Waals surface area contributed by atoms with Crippen molar-refractivity contribution in [3.05, 3.63) is 0 Å². The van der Waals surface area contributed by atoms with Gasteiger partial charge in [0.1, 0.15) is 9.84 Å². The molecule has 0 aliphatic rings.